The van der Waals surface area contributed by atoms with Crippen LogP contribution < -0.4 is 4.74 Å². The van der Waals surface area contributed by atoms with E-state index in [1.165, 1.54) is 10.8 Å². The zero-order valence-corrected chi connectivity index (χ0v) is 13.4. The number of hydrogen-bond donors (Lipinski definition) is 0. The Kier molecular flexibility index (Phi) is 3.75. The van der Waals surface area contributed by atoms with E-state index in [2.05, 4.69) is 41.5 Å². The van der Waals surface area contributed by atoms with Crippen LogP contribution in [0.4, 0.5) is 0 Å². The molecular weight excluding hydrogens is 296 g/mol. The van der Waals surface area contributed by atoms with Gasteiger partial charge in [0.2, 0.25) is 0 Å². The average molecular weight is 314 g/mol. The first-order valence-corrected chi connectivity index (χ1v) is 8.02. The number of hydrogen-bond acceptors (Lipinski definition) is 2. The first-order chi connectivity index (χ1) is 11.8. The van der Waals surface area contributed by atoms with E-state index in [1.807, 2.05) is 42.5 Å². The van der Waals surface area contributed by atoms with Crippen molar-refractivity contribution in [1.29, 1.82) is 0 Å². The van der Waals surface area contributed by atoms with E-state index in [0.29, 0.717) is 6.61 Å². The molecule has 0 saturated heterocycles. The summed E-state index contributed by atoms with van der Waals surface area (Å²) >= 11 is 0. The normalized spacial score (nSPS) is 11.0. The maximum atomic E-state index is 6.00. The molecule has 0 spiro atoms. The summed E-state index contributed by atoms with van der Waals surface area (Å²) in [5, 5.41) is 2.39. The standard InChI is InChI=1S/C21H18N2O/c1-2-13-23-20-10-6-5-9-19(20)22-21(23)15-24-18-12-11-16-7-3-4-8-17(16)14-18/h2-12,14H,1,13,15H2. The van der Waals surface area contributed by atoms with Gasteiger partial charge in [-0.2, -0.15) is 0 Å². The first kappa shape index (κ1) is 14.5. The van der Waals surface area contributed by atoms with E-state index in [9.17, 15) is 0 Å². The Hall–Kier alpha value is -3.07. The minimum Gasteiger partial charge on any atom is -0.486 e. The number of imidazole rings is 1. The molecule has 0 amide bonds. The van der Waals surface area contributed by atoms with Gasteiger partial charge in [-0.25, -0.2) is 4.98 Å². The Labute approximate surface area is 140 Å². The molecule has 4 rings (SSSR count). The monoisotopic (exact) mass is 314 g/mol. The van der Waals surface area contributed by atoms with Crippen LogP contribution in [0.5, 0.6) is 5.75 Å². The van der Waals surface area contributed by atoms with Gasteiger partial charge in [0.15, 0.2) is 0 Å². The fourth-order valence-electron chi connectivity index (χ4n) is 2.97. The third-order valence-corrected chi connectivity index (χ3v) is 4.13. The second-order valence-electron chi connectivity index (χ2n) is 5.71. The van der Waals surface area contributed by atoms with E-state index in [-0.39, 0.29) is 0 Å². The molecule has 0 saturated carbocycles. The van der Waals surface area contributed by atoms with Crippen LogP contribution in [-0.2, 0) is 13.2 Å². The van der Waals surface area contributed by atoms with E-state index in [0.717, 1.165) is 29.2 Å². The van der Waals surface area contributed by atoms with E-state index in [4.69, 9.17) is 9.72 Å². The lowest BCUT2D eigenvalue weighted by molar-refractivity contribution is 0.292. The Morgan fingerprint density at radius 2 is 1.75 bits per heavy atom. The van der Waals surface area contributed by atoms with Gasteiger partial charge >= 0.3 is 0 Å². The third kappa shape index (κ3) is 2.65. The summed E-state index contributed by atoms with van der Waals surface area (Å²) in [7, 11) is 0. The number of para-hydroxylation sites is 2. The molecule has 0 unspecified atom stereocenters. The van der Waals surface area contributed by atoms with Crippen LogP contribution in [0, 0.1) is 0 Å². The molecule has 118 valence electrons. The van der Waals surface area contributed by atoms with Gasteiger partial charge in [0, 0.05) is 6.54 Å². The molecule has 0 N–H and O–H groups in total. The van der Waals surface area contributed by atoms with Crippen LogP contribution in [0.25, 0.3) is 21.8 Å². The highest BCUT2D eigenvalue weighted by atomic mass is 16.5. The predicted molar refractivity (Wildman–Crippen MR) is 98.2 cm³/mol. The minimum absolute atomic E-state index is 0.431. The van der Waals surface area contributed by atoms with Gasteiger partial charge in [0.05, 0.1) is 11.0 Å². The summed E-state index contributed by atoms with van der Waals surface area (Å²) in [6.45, 7) is 5.00. The molecule has 0 atom stereocenters. The van der Waals surface area contributed by atoms with Gasteiger partial charge in [0.25, 0.3) is 0 Å². The van der Waals surface area contributed by atoms with Crippen molar-refractivity contribution >= 4 is 21.8 Å². The summed E-state index contributed by atoms with van der Waals surface area (Å²) < 4.78 is 8.14. The van der Waals surface area contributed by atoms with E-state index < -0.39 is 0 Å². The van der Waals surface area contributed by atoms with Gasteiger partial charge in [0.1, 0.15) is 18.2 Å². The smallest absolute Gasteiger partial charge is 0.148 e. The largest absolute Gasteiger partial charge is 0.486 e. The molecule has 0 aliphatic rings. The number of benzene rings is 3. The van der Waals surface area contributed by atoms with Crippen LogP contribution in [0.15, 0.2) is 79.4 Å². The van der Waals surface area contributed by atoms with Crippen LogP contribution in [0.2, 0.25) is 0 Å². The van der Waals surface area contributed by atoms with Gasteiger partial charge in [-0.05, 0) is 35.0 Å². The number of aromatic nitrogens is 2. The van der Waals surface area contributed by atoms with Crippen molar-refractivity contribution in [3.8, 4) is 5.75 Å². The zero-order valence-electron chi connectivity index (χ0n) is 13.4. The Balaban J connectivity index is 1.63. The number of ether oxygens (including phenoxy) is 1. The molecule has 24 heavy (non-hydrogen) atoms. The second kappa shape index (κ2) is 6.20. The van der Waals surface area contributed by atoms with Crippen LogP contribution >= 0.6 is 0 Å². The van der Waals surface area contributed by atoms with Crippen LogP contribution in [-0.4, -0.2) is 9.55 Å². The predicted octanol–water partition coefficient (Wildman–Crippen LogP) is 4.95. The number of fused-ring (bicyclic) bond motifs is 2. The molecule has 0 bridgehead atoms. The lowest BCUT2D eigenvalue weighted by atomic mass is 10.1. The molecule has 3 nitrogen and oxygen atoms in total. The van der Waals surface area contributed by atoms with Crippen molar-refractivity contribution in [2.24, 2.45) is 0 Å². The van der Waals surface area contributed by atoms with Crippen LogP contribution in [0.3, 0.4) is 0 Å². The molecule has 0 fully saturated rings. The second-order valence-corrected chi connectivity index (χ2v) is 5.71. The molecular formula is C21H18N2O. The maximum Gasteiger partial charge on any atom is 0.148 e. The van der Waals surface area contributed by atoms with Crippen LogP contribution in [0.1, 0.15) is 5.82 Å². The van der Waals surface area contributed by atoms with E-state index in [1.54, 1.807) is 0 Å². The SMILES string of the molecule is C=CCn1c(COc2ccc3ccccc3c2)nc2ccccc21. The molecule has 3 heteroatoms. The maximum absolute atomic E-state index is 6.00. The highest BCUT2D eigenvalue weighted by Gasteiger charge is 2.10. The first-order valence-electron chi connectivity index (χ1n) is 8.02. The van der Waals surface area contributed by atoms with Crippen molar-refractivity contribution < 1.29 is 4.74 Å². The van der Waals surface area contributed by atoms with Crippen molar-refractivity contribution in [3.63, 3.8) is 0 Å². The highest BCUT2D eigenvalue weighted by molar-refractivity contribution is 5.83. The topological polar surface area (TPSA) is 27.1 Å². The number of allylic oxidation sites excluding steroid dienone is 1. The van der Waals surface area contributed by atoms with Crippen molar-refractivity contribution in [1.82, 2.24) is 9.55 Å². The average Bonchev–Trinajstić information content (AvgIpc) is 2.98. The quantitative estimate of drug-likeness (QED) is 0.487. The summed E-state index contributed by atoms with van der Waals surface area (Å²) in [5.74, 6) is 1.76. The molecule has 0 aliphatic heterocycles. The summed E-state index contributed by atoms with van der Waals surface area (Å²) in [4.78, 5) is 4.70. The fourth-order valence-corrected chi connectivity index (χ4v) is 2.97. The molecule has 0 aliphatic carbocycles. The minimum atomic E-state index is 0.431. The lowest BCUT2D eigenvalue weighted by Gasteiger charge is -2.09. The molecule has 1 aromatic heterocycles. The molecule has 4 aromatic rings. The summed E-state index contributed by atoms with van der Waals surface area (Å²) in [5.41, 5.74) is 2.09. The summed E-state index contributed by atoms with van der Waals surface area (Å²) in [6.07, 6.45) is 1.88. The van der Waals surface area contributed by atoms with Crippen molar-refractivity contribution in [2.45, 2.75) is 13.2 Å². The fraction of sp³-hybridized carbons (Fsp3) is 0.0952. The number of nitrogens with zero attached hydrogens (tertiary/aromatic N) is 2. The molecule has 3 aromatic carbocycles. The van der Waals surface area contributed by atoms with Gasteiger partial charge in [-0.1, -0.05) is 48.5 Å². The Morgan fingerprint density at radius 3 is 2.62 bits per heavy atom. The molecule has 1 heterocycles. The van der Waals surface area contributed by atoms with Gasteiger partial charge < -0.3 is 9.30 Å². The number of rotatable bonds is 5. The zero-order chi connectivity index (χ0) is 16.4. The molecule has 0 radical (unpaired) electrons. The van der Waals surface area contributed by atoms with Gasteiger partial charge in [-0.15, -0.1) is 6.58 Å². The highest BCUT2D eigenvalue weighted by Crippen LogP contribution is 2.22. The summed E-state index contributed by atoms with van der Waals surface area (Å²) in [6, 6.07) is 22.5. The third-order valence-electron chi connectivity index (χ3n) is 4.13. The van der Waals surface area contributed by atoms with E-state index >= 15 is 0 Å². The van der Waals surface area contributed by atoms with Crippen molar-refractivity contribution in [3.05, 3.63) is 85.2 Å². The Bertz CT molecular complexity index is 1020. The van der Waals surface area contributed by atoms with Crippen molar-refractivity contribution in [2.75, 3.05) is 0 Å². The lowest BCUT2D eigenvalue weighted by Crippen LogP contribution is -2.06. The Morgan fingerprint density at radius 1 is 0.958 bits per heavy atom. The van der Waals surface area contributed by atoms with Gasteiger partial charge in [-0.3, -0.25) is 0 Å².